The maximum absolute atomic E-state index is 13.5. The zero-order valence-electron chi connectivity index (χ0n) is 15.5. The third kappa shape index (κ3) is 4.58. The van der Waals surface area contributed by atoms with Crippen LogP contribution >= 0.6 is 24.0 Å². The fourth-order valence-electron chi connectivity index (χ4n) is 2.86. The fraction of sp³-hybridized carbons (Fsp3) is 0.0435. The second-order valence-corrected chi connectivity index (χ2v) is 8.16. The average Bonchev–Trinajstić information content (AvgIpc) is 3.01. The fourth-order valence-corrected chi connectivity index (χ4v) is 4.16. The van der Waals surface area contributed by atoms with Crippen molar-refractivity contribution < 1.29 is 18.3 Å². The standard InChI is InChI=1S/C23H15F2NO2S2/c24-17-8-4-16(5-9-17)14-28-20-10-6-15(7-11-20)12-21-22(27)26(23(29)30-21)19-3-1-2-18(25)13-19/h1-13H,14H2/b21-12-. The number of amides is 1. The lowest BCUT2D eigenvalue weighted by Gasteiger charge is -2.14. The molecule has 0 spiro atoms. The second-order valence-electron chi connectivity index (χ2n) is 6.48. The summed E-state index contributed by atoms with van der Waals surface area (Å²) in [5, 5.41) is 0. The molecule has 1 amide bonds. The van der Waals surface area contributed by atoms with Crippen molar-refractivity contribution in [1.29, 1.82) is 0 Å². The Morgan fingerprint density at radius 1 is 0.967 bits per heavy atom. The molecule has 3 aromatic rings. The predicted octanol–water partition coefficient (Wildman–Crippen LogP) is 5.95. The lowest BCUT2D eigenvalue weighted by Crippen LogP contribution is -2.27. The van der Waals surface area contributed by atoms with E-state index in [-0.39, 0.29) is 11.7 Å². The number of thioether (sulfide) groups is 1. The molecule has 30 heavy (non-hydrogen) atoms. The van der Waals surface area contributed by atoms with Gasteiger partial charge in [0.25, 0.3) is 5.91 Å². The van der Waals surface area contributed by atoms with Crippen molar-refractivity contribution in [3.05, 3.63) is 100 Å². The van der Waals surface area contributed by atoms with E-state index < -0.39 is 5.82 Å². The largest absolute Gasteiger partial charge is 0.489 e. The minimum atomic E-state index is -0.429. The summed E-state index contributed by atoms with van der Waals surface area (Å²) < 4.78 is 32.5. The summed E-state index contributed by atoms with van der Waals surface area (Å²) in [6, 6.07) is 19.1. The molecular weight excluding hydrogens is 424 g/mol. The molecule has 1 heterocycles. The Balaban J connectivity index is 1.45. The Labute approximate surface area is 182 Å². The van der Waals surface area contributed by atoms with Crippen molar-refractivity contribution in [2.75, 3.05) is 4.90 Å². The van der Waals surface area contributed by atoms with Gasteiger partial charge in [0.05, 0.1) is 10.6 Å². The van der Waals surface area contributed by atoms with Crippen molar-refractivity contribution in [1.82, 2.24) is 0 Å². The zero-order chi connectivity index (χ0) is 21.1. The second kappa shape index (κ2) is 8.77. The van der Waals surface area contributed by atoms with Gasteiger partial charge in [-0.1, -0.05) is 54.3 Å². The average molecular weight is 440 g/mol. The molecule has 0 bridgehead atoms. The highest BCUT2D eigenvalue weighted by Crippen LogP contribution is 2.36. The van der Waals surface area contributed by atoms with E-state index in [1.54, 1.807) is 36.4 Å². The molecule has 0 radical (unpaired) electrons. The van der Waals surface area contributed by atoms with Gasteiger partial charge in [-0.2, -0.15) is 0 Å². The molecule has 0 N–H and O–H groups in total. The van der Waals surface area contributed by atoms with Crippen molar-refractivity contribution in [3.63, 3.8) is 0 Å². The number of nitrogens with zero attached hydrogens (tertiary/aromatic N) is 1. The van der Waals surface area contributed by atoms with Crippen molar-refractivity contribution in [2.45, 2.75) is 6.61 Å². The van der Waals surface area contributed by atoms with E-state index in [4.69, 9.17) is 17.0 Å². The van der Waals surface area contributed by atoms with Crippen LogP contribution in [-0.2, 0) is 11.4 Å². The van der Waals surface area contributed by atoms with Gasteiger partial charge in [0.15, 0.2) is 4.32 Å². The van der Waals surface area contributed by atoms with Gasteiger partial charge < -0.3 is 4.74 Å². The van der Waals surface area contributed by atoms with Gasteiger partial charge in [0.1, 0.15) is 24.0 Å². The molecule has 150 valence electrons. The Morgan fingerprint density at radius 3 is 2.40 bits per heavy atom. The minimum Gasteiger partial charge on any atom is -0.489 e. The highest BCUT2D eigenvalue weighted by Gasteiger charge is 2.33. The summed E-state index contributed by atoms with van der Waals surface area (Å²) in [7, 11) is 0. The van der Waals surface area contributed by atoms with Gasteiger partial charge in [-0.25, -0.2) is 8.78 Å². The smallest absolute Gasteiger partial charge is 0.270 e. The van der Waals surface area contributed by atoms with E-state index in [2.05, 4.69) is 0 Å². The first-order valence-corrected chi connectivity index (χ1v) is 10.2. The molecule has 4 rings (SSSR count). The normalized spacial score (nSPS) is 15.1. The molecule has 1 fully saturated rings. The van der Waals surface area contributed by atoms with Gasteiger partial charge in [-0.3, -0.25) is 9.69 Å². The number of thiocarbonyl (C=S) groups is 1. The number of rotatable bonds is 5. The van der Waals surface area contributed by atoms with Gasteiger partial charge in [0.2, 0.25) is 0 Å². The van der Waals surface area contributed by atoms with Crippen LogP contribution in [-0.4, -0.2) is 10.2 Å². The summed E-state index contributed by atoms with van der Waals surface area (Å²) >= 11 is 6.48. The molecular formula is C23H15F2NO2S2. The topological polar surface area (TPSA) is 29.5 Å². The van der Waals surface area contributed by atoms with Crippen LogP contribution in [0.4, 0.5) is 14.5 Å². The Hall–Kier alpha value is -3.03. The number of hydrogen-bond acceptors (Lipinski definition) is 4. The molecule has 0 aromatic heterocycles. The molecule has 0 unspecified atom stereocenters. The maximum Gasteiger partial charge on any atom is 0.270 e. The first kappa shape index (κ1) is 20.3. The number of anilines is 1. The quantitative estimate of drug-likeness (QED) is 0.363. The van der Waals surface area contributed by atoms with Crippen LogP contribution in [0.2, 0.25) is 0 Å². The lowest BCUT2D eigenvalue weighted by molar-refractivity contribution is -0.113. The minimum absolute atomic E-state index is 0.285. The molecule has 1 aliphatic rings. The first-order valence-electron chi connectivity index (χ1n) is 9.00. The molecule has 1 aliphatic heterocycles. The Bertz CT molecular complexity index is 1130. The van der Waals surface area contributed by atoms with Crippen LogP contribution in [0.1, 0.15) is 11.1 Å². The molecule has 7 heteroatoms. The predicted molar refractivity (Wildman–Crippen MR) is 119 cm³/mol. The van der Waals surface area contributed by atoms with Gasteiger partial charge >= 0.3 is 0 Å². The summed E-state index contributed by atoms with van der Waals surface area (Å²) in [6.45, 7) is 0.325. The highest BCUT2D eigenvalue weighted by molar-refractivity contribution is 8.27. The van der Waals surface area contributed by atoms with E-state index in [1.807, 2.05) is 12.1 Å². The third-order valence-corrected chi connectivity index (χ3v) is 5.66. The number of carbonyl (C=O) groups excluding carboxylic acids is 1. The number of benzene rings is 3. The van der Waals surface area contributed by atoms with Crippen LogP contribution in [0, 0.1) is 11.6 Å². The van der Waals surface area contributed by atoms with E-state index >= 15 is 0 Å². The lowest BCUT2D eigenvalue weighted by atomic mass is 10.2. The van der Waals surface area contributed by atoms with Crippen LogP contribution < -0.4 is 9.64 Å². The summed E-state index contributed by atoms with van der Waals surface area (Å²) in [5.41, 5.74) is 2.08. The summed E-state index contributed by atoms with van der Waals surface area (Å²) in [4.78, 5) is 14.5. The van der Waals surface area contributed by atoms with E-state index in [0.29, 0.717) is 27.3 Å². The van der Waals surface area contributed by atoms with Gasteiger partial charge in [-0.05, 0) is 59.7 Å². The Kier molecular flexibility index (Phi) is 5.92. The molecule has 0 aliphatic carbocycles. The Morgan fingerprint density at radius 2 is 1.70 bits per heavy atom. The van der Waals surface area contributed by atoms with Crippen molar-refractivity contribution in [3.8, 4) is 5.75 Å². The monoisotopic (exact) mass is 439 g/mol. The van der Waals surface area contributed by atoms with E-state index in [9.17, 15) is 13.6 Å². The molecule has 3 aromatic carbocycles. The number of hydrogen-bond donors (Lipinski definition) is 0. The summed E-state index contributed by atoms with van der Waals surface area (Å²) in [6.07, 6.45) is 1.74. The van der Waals surface area contributed by atoms with Crippen LogP contribution in [0.15, 0.2) is 77.7 Å². The summed E-state index contributed by atoms with van der Waals surface area (Å²) in [5.74, 6) is -0.344. The van der Waals surface area contributed by atoms with Crippen molar-refractivity contribution >= 4 is 46.0 Å². The number of ether oxygens (including phenoxy) is 1. The SMILES string of the molecule is O=C1/C(=C/c2ccc(OCc3ccc(F)cc3)cc2)SC(=S)N1c1cccc(F)c1. The third-order valence-electron chi connectivity index (χ3n) is 4.36. The maximum atomic E-state index is 13.5. The van der Waals surface area contributed by atoms with Crippen LogP contribution in [0.25, 0.3) is 6.08 Å². The first-order chi connectivity index (χ1) is 14.5. The number of carbonyl (C=O) groups is 1. The van der Waals surface area contributed by atoms with Crippen LogP contribution in [0.3, 0.4) is 0 Å². The zero-order valence-corrected chi connectivity index (χ0v) is 17.2. The van der Waals surface area contributed by atoms with Gasteiger partial charge in [-0.15, -0.1) is 0 Å². The van der Waals surface area contributed by atoms with E-state index in [1.165, 1.54) is 47.0 Å². The molecule has 1 saturated heterocycles. The van der Waals surface area contributed by atoms with Crippen molar-refractivity contribution in [2.24, 2.45) is 0 Å². The molecule has 0 atom stereocenters. The van der Waals surface area contributed by atoms with Crippen LogP contribution in [0.5, 0.6) is 5.75 Å². The highest BCUT2D eigenvalue weighted by atomic mass is 32.2. The molecule has 0 saturated carbocycles. The molecule has 3 nitrogen and oxygen atoms in total. The van der Waals surface area contributed by atoms with Gasteiger partial charge in [0, 0.05) is 0 Å². The number of halogens is 2. The van der Waals surface area contributed by atoms with E-state index in [0.717, 1.165) is 11.1 Å².